The molecule has 0 aliphatic carbocycles. The molecule has 1 saturated heterocycles. The molecule has 178 valence electrons. The fourth-order valence-corrected chi connectivity index (χ4v) is 3.77. The SMILES string of the molecule is OC[C@H]1O[C@@H](n2cnc3c(Nc4ccccc4)nc(C#CCOc4ccccc4)nc32)[C@H](O)[C@@H]1O. The van der Waals surface area contributed by atoms with Crippen LogP contribution in [0.5, 0.6) is 5.75 Å². The molecule has 0 saturated carbocycles. The molecule has 0 bridgehead atoms. The predicted octanol–water partition coefficient (Wildman–Crippen LogP) is 1.61. The molecule has 1 aliphatic heterocycles. The first-order chi connectivity index (χ1) is 17.1. The van der Waals surface area contributed by atoms with Crippen molar-refractivity contribution in [3.63, 3.8) is 0 Å². The Balaban J connectivity index is 1.49. The Hall–Kier alpha value is -4.01. The molecule has 0 amide bonds. The minimum Gasteiger partial charge on any atom is -0.481 e. The van der Waals surface area contributed by atoms with Crippen molar-refractivity contribution in [1.29, 1.82) is 0 Å². The fourth-order valence-electron chi connectivity index (χ4n) is 3.77. The van der Waals surface area contributed by atoms with Gasteiger partial charge in [-0.3, -0.25) is 4.57 Å². The van der Waals surface area contributed by atoms with Crippen LogP contribution in [0.15, 0.2) is 67.0 Å². The Kier molecular flexibility index (Phi) is 6.56. The summed E-state index contributed by atoms with van der Waals surface area (Å²) in [7, 11) is 0. The Morgan fingerprint density at radius 3 is 2.46 bits per heavy atom. The van der Waals surface area contributed by atoms with Crippen molar-refractivity contribution in [3.05, 3.63) is 72.8 Å². The Morgan fingerprint density at radius 2 is 1.74 bits per heavy atom. The van der Waals surface area contributed by atoms with Crippen LogP contribution >= 0.6 is 0 Å². The van der Waals surface area contributed by atoms with Gasteiger partial charge in [-0.15, -0.1) is 0 Å². The van der Waals surface area contributed by atoms with Crippen LogP contribution in [0, 0.1) is 11.8 Å². The molecular formula is C25H23N5O5. The highest BCUT2D eigenvalue weighted by molar-refractivity contribution is 5.85. The number of para-hydroxylation sites is 2. The summed E-state index contributed by atoms with van der Waals surface area (Å²) in [6, 6.07) is 18.8. The largest absolute Gasteiger partial charge is 0.481 e. The number of hydrogen-bond acceptors (Lipinski definition) is 9. The molecule has 3 heterocycles. The maximum Gasteiger partial charge on any atom is 0.209 e. The van der Waals surface area contributed by atoms with Crippen molar-refractivity contribution < 1.29 is 24.8 Å². The second-order valence-corrected chi connectivity index (χ2v) is 7.84. The molecule has 5 rings (SSSR count). The van der Waals surface area contributed by atoms with E-state index >= 15 is 0 Å². The highest BCUT2D eigenvalue weighted by atomic mass is 16.6. The lowest BCUT2D eigenvalue weighted by molar-refractivity contribution is -0.0511. The molecule has 2 aromatic heterocycles. The number of ether oxygens (including phenoxy) is 2. The van der Waals surface area contributed by atoms with Crippen LogP contribution in [-0.2, 0) is 4.74 Å². The van der Waals surface area contributed by atoms with E-state index in [1.165, 1.54) is 10.9 Å². The van der Waals surface area contributed by atoms with Gasteiger partial charge in [0.15, 0.2) is 23.2 Å². The topological polar surface area (TPSA) is 135 Å². The molecule has 10 heteroatoms. The van der Waals surface area contributed by atoms with Crippen molar-refractivity contribution in [3.8, 4) is 17.6 Å². The minimum absolute atomic E-state index is 0.140. The molecule has 1 fully saturated rings. The van der Waals surface area contributed by atoms with Gasteiger partial charge < -0.3 is 30.1 Å². The van der Waals surface area contributed by atoms with E-state index in [9.17, 15) is 15.3 Å². The van der Waals surface area contributed by atoms with E-state index in [1.54, 1.807) is 0 Å². The number of aliphatic hydroxyl groups excluding tert-OH is 3. The highest BCUT2D eigenvalue weighted by Crippen LogP contribution is 2.32. The second kappa shape index (κ2) is 10.1. The normalized spacial score (nSPS) is 21.5. The minimum atomic E-state index is -1.28. The van der Waals surface area contributed by atoms with Crippen LogP contribution in [0.4, 0.5) is 11.5 Å². The third kappa shape index (κ3) is 4.80. The van der Waals surface area contributed by atoms with Gasteiger partial charge in [0.2, 0.25) is 5.82 Å². The van der Waals surface area contributed by atoms with E-state index in [-0.39, 0.29) is 12.4 Å². The number of imidazole rings is 1. The Morgan fingerprint density at radius 1 is 1.00 bits per heavy atom. The zero-order chi connectivity index (χ0) is 24.2. The molecule has 35 heavy (non-hydrogen) atoms. The summed E-state index contributed by atoms with van der Waals surface area (Å²) in [5.41, 5.74) is 1.57. The quantitative estimate of drug-likeness (QED) is 0.308. The van der Waals surface area contributed by atoms with Crippen molar-refractivity contribution >= 4 is 22.7 Å². The second-order valence-electron chi connectivity index (χ2n) is 7.84. The first-order valence-corrected chi connectivity index (χ1v) is 11.0. The molecule has 0 radical (unpaired) electrons. The molecule has 0 unspecified atom stereocenters. The van der Waals surface area contributed by atoms with E-state index in [0.717, 1.165) is 5.69 Å². The maximum absolute atomic E-state index is 10.5. The van der Waals surface area contributed by atoms with Crippen LogP contribution < -0.4 is 10.1 Å². The third-order valence-electron chi connectivity index (χ3n) is 5.50. The standard InChI is InChI=1S/C25H23N5O5/c31-14-18-21(32)22(33)25(35-18)30-15-26-20-23(27-16-8-3-1-4-9-16)28-19(29-24(20)30)12-7-13-34-17-10-5-2-6-11-17/h1-6,8-11,15,18,21-22,25,31-33H,13-14H2,(H,27,28,29)/t18-,21-,22-,25-/m1/s1. The van der Waals surface area contributed by atoms with Gasteiger partial charge in [0.25, 0.3) is 0 Å². The number of hydrogen-bond donors (Lipinski definition) is 4. The van der Waals surface area contributed by atoms with Gasteiger partial charge in [0.1, 0.15) is 30.7 Å². The van der Waals surface area contributed by atoms with Crippen molar-refractivity contribution in [2.24, 2.45) is 0 Å². The highest BCUT2D eigenvalue weighted by Gasteiger charge is 2.44. The summed E-state index contributed by atoms with van der Waals surface area (Å²) in [5, 5.41) is 33.4. The number of rotatable bonds is 6. The zero-order valence-electron chi connectivity index (χ0n) is 18.5. The summed E-state index contributed by atoms with van der Waals surface area (Å²) in [6.07, 6.45) is -3.00. The maximum atomic E-state index is 10.5. The van der Waals surface area contributed by atoms with Crippen molar-refractivity contribution in [2.45, 2.75) is 24.5 Å². The van der Waals surface area contributed by atoms with Gasteiger partial charge in [0.05, 0.1) is 12.9 Å². The van der Waals surface area contributed by atoms with Gasteiger partial charge in [-0.05, 0) is 30.2 Å². The van der Waals surface area contributed by atoms with Gasteiger partial charge >= 0.3 is 0 Å². The molecule has 0 spiro atoms. The lowest BCUT2D eigenvalue weighted by atomic mass is 10.1. The van der Waals surface area contributed by atoms with E-state index in [2.05, 4.69) is 32.1 Å². The van der Waals surface area contributed by atoms with Crippen LogP contribution in [0.2, 0.25) is 0 Å². The van der Waals surface area contributed by atoms with Crippen molar-refractivity contribution in [2.75, 3.05) is 18.5 Å². The monoisotopic (exact) mass is 473 g/mol. The summed E-state index contributed by atoms with van der Waals surface area (Å²) in [5.74, 6) is 7.15. The molecule has 4 N–H and O–H groups in total. The lowest BCUT2D eigenvalue weighted by Crippen LogP contribution is -2.33. The number of nitrogens with one attached hydrogen (secondary N) is 1. The van der Waals surface area contributed by atoms with E-state index in [0.29, 0.717) is 22.7 Å². The Labute approximate surface area is 200 Å². The Bertz CT molecular complexity index is 1350. The van der Waals surface area contributed by atoms with E-state index in [1.807, 2.05) is 60.7 Å². The summed E-state index contributed by atoms with van der Waals surface area (Å²) in [6.45, 7) is -0.295. The van der Waals surface area contributed by atoms with Crippen LogP contribution in [-0.4, -0.2) is 66.4 Å². The predicted molar refractivity (Wildman–Crippen MR) is 127 cm³/mol. The van der Waals surface area contributed by atoms with E-state index < -0.39 is 31.1 Å². The smallest absolute Gasteiger partial charge is 0.209 e. The number of anilines is 2. The number of aliphatic hydroxyl groups is 3. The average molecular weight is 473 g/mol. The first kappa shape index (κ1) is 22.8. The molecule has 4 aromatic rings. The average Bonchev–Trinajstić information content (AvgIpc) is 3.44. The zero-order valence-corrected chi connectivity index (χ0v) is 18.5. The fraction of sp³-hybridized carbons (Fsp3) is 0.240. The summed E-state index contributed by atoms with van der Waals surface area (Å²) in [4.78, 5) is 13.5. The number of benzene rings is 2. The third-order valence-corrected chi connectivity index (χ3v) is 5.50. The van der Waals surface area contributed by atoms with Gasteiger partial charge in [-0.25, -0.2) is 15.0 Å². The van der Waals surface area contributed by atoms with Crippen LogP contribution in [0.25, 0.3) is 11.2 Å². The lowest BCUT2D eigenvalue weighted by Gasteiger charge is -2.16. The number of nitrogens with zero attached hydrogens (tertiary/aromatic N) is 4. The molecule has 4 atom stereocenters. The molecule has 1 aliphatic rings. The number of fused-ring (bicyclic) bond motifs is 1. The van der Waals surface area contributed by atoms with Crippen LogP contribution in [0.3, 0.4) is 0 Å². The van der Waals surface area contributed by atoms with Gasteiger partial charge in [0, 0.05) is 5.69 Å². The van der Waals surface area contributed by atoms with Gasteiger partial charge in [-0.1, -0.05) is 42.3 Å². The molecule has 10 nitrogen and oxygen atoms in total. The molecule has 2 aromatic carbocycles. The summed E-state index contributed by atoms with van der Waals surface area (Å²) < 4.78 is 12.8. The summed E-state index contributed by atoms with van der Waals surface area (Å²) >= 11 is 0. The van der Waals surface area contributed by atoms with Gasteiger partial charge in [-0.2, -0.15) is 0 Å². The number of aromatic nitrogens is 4. The first-order valence-electron chi connectivity index (χ1n) is 11.0. The van der Waals surface area contributed by atoms with Crippen molar-refractivity contribution in [1.82, 2.24) is 19.5 Å². The molecular weight excluding hydrogens is 450 g/mol. The van der Waals surface area contributed by atoms with Crippen LogP contribution in [0.1, 0.15) is 12.1 Å². The van der Waals surface area contributed by atoms with E-state index in [4.69, 9.17) is 9.47 Å².